The summed E-state index contributed by atoms with van der Waals surface area (Å²) >= 11 is 0. The summed E-state index contributed by atoms with van der Waals surface area (Å²) in [5, 5.41) is 3.38. The van der Waals surface area contributed by atoms with Gasteiger partial charge in [0.25, 0.3) is 5.56 Å². The summed E-state index contributed by atoms with van der Waals surface area (Å²) in [6, 6.07) is 11.1. The first-order valence-corrected chi connectivity index (χ1v) is 7.50. The third kappa shape index (κ3) is 3.31. The van der Waals surface area contributed by atoms with Crippen molar-refractivity contribution in [1.82, 2.24) is 4.98 Å². The Bertz CT molecular complexity index is 690. The number of pyridine rings is 1. The van der Waals surface area contributed by atoms with Crippen LogP contribution in [0.2, 0.25) is 0 Å². The van der Waals surface area contributed by atoms with Gasteiger partial charge in [0.15, 0.2) is 0 Å². The van der Waals surface area contributed by atoms with E-state index in [4.69, 9.17) is 4.74 Å². The van der Waals surface area contributed by atoms with Crippen molar-refractivity contribution in [3.8, 4) is 0 Å². The summed E-state index contributed by atoms with van der Waals surface area (Å²) in [7, 11) is 0. The number of morpholine rings is 1. The number of hydrogen-bond donors (Lipinski definition) is 2. The highest BCUT2D eigenvalue weighted by molar-refractivity contribution is 5.56. The molecule has 115 valence electrons. The Morgan fingerprint density at radius 1 is 1.32 bits per heavy atom. The van der Waals surface area contributed by atoms with Gasteiger partial charge >= 0.3 is 0 Å². The van der Waals surface area contributed by atoms with E-state index in [0.29, 0.717) is 6.54 Å². The summed E-state index contributed by atoms with van der Waals surface area (Å²) in [6.45, 7) is 5.97. The number of aryl methyl sites for hydroxylation is 1. The molecule has 5 heteroatoms. The largest absolute Gasteiger partial charge is 0.379 e. The van der Waals surface area contributed by atoms with Gasteiger partial charge in [0, 0.05) is 31.5 Å². The molecule has 0 aliphatic carbocycles. The van der Waals surface area contributed by atoms with Crippen LogP contribution < -0.4 is 15.8 Å². The summed E-state index contributed by atoms with van der Waals surface area (Å²) < 4.78 is 5.42. The van der Waals surface area contributed by atoms with Crippen LogP contribution in [0.4, 0.5) is 11.4 Å². The lowest BCUT2D eigenvalue weighted by Gasteiger charge is -2.30. The number of aromatic amines is 1. The molecule has 5 nitrogen and oxygen atoms in total. The quantitative estimate of drug-likeness (QED) is 0.905. The minimum Gasteiger partial charge on any atom is -0.379 e. The molecule has 0 bridgehead atoms. The first kappa shape index (κ1) is 14.7. The van der Waals surface area contributed by atoms with Crippen LogP contribution in [0.1, 0.15) is 11.1 Å². The van der Waals surface area contributed by atoms with Crippen molar-refractivity contribution >= 4 is 11.4 Å². The molecular formula is C17H20N3O2. The molecule has 1 radical (unpaired) electrons. The molecule has 3 rings (SSSR count). The number of H-pyrrole nitrogens is 1. The minimum atomic E-state index is -0.197. The van der Waals surface area contributed by atoms with Gasteiger partial charge in [-0.2, -0.15) is 0 Å². The molecule has 1 aromatic carbocycles. The lowest BCUT2D eigenvalue weighted by molar-refractivity contribution is 0.122. The molecule has 0 unspecified atom stereocenters. The number of hydrogen-bond acceptors (Lipinski definition) is 4. The molecule has 2 N–H and O–H groups in total. The second kappa shape index (κ2) is 6.66. The third-order valence-corrected chi connectivity index (χ3v) is 3.87. The number of nitrogens with zero attached hydrogens (tertiary/aromatic N) is 1. The van der Waals surface area contributed by atoms with Crippen molar-refractivity contribution in [2.75, 3.05) is 36.5 Å². The lowest BCUT2D eigenvalue weighted by atomic mass is 10.1. The fraction of sp³-hybridized carbons (Fsp3) is 0.353. The third-order valence-electron chi connectivity index (χ3n) is 3.87. The van der Waals surface area contributed by atoms with Gasteiger partial charge in [0.05, 0.1) is 25.0 Å². The Morgan fingerprint density at radius 2 is 2.09 bits per heavy atom. The molecule has 0 spiro atoms. The average molecular weight is 298 g/mol. The van der Waals surface area contributed by atoms with Crippen LogP contribution in [0, 0.1) is 13.0 Å². The van der Waals surface area contributed by atoms with Crippen LogP contribution >= 0.6 is 0 Å². The van der Waals surface area contributed by atoms with Crippen molar-refractivity contribution < 1.29 is 4.74 Å². The molecule has 1 aliphatic heterocycles. The highest BCUT2D eigenvalue weighted by Crippen LogP contribution is 2.23. The number of para-hydroxylation sites is 1. The molecule has 1 saturated heterocycles. The van der Waals surface area contributed by atoms with Crippen molar-refractivity contribution in [3.05, 3.63) is 58.0 Å². The Morgan fingerprint density at radius 3 is 2.86 bits per heavy atom. The fourth-order valence-electron chi connectivity index (χ4n) is 2.67. The van der Waals surface area contributed by atoms with Gasteiger partial charge in [0.1, 0.15) is 0 Å². The lowest BCUT2D eigenvalue weighted by Crippen LogP contribution is -2.36. The van der Waals surface area contributed by atoms with Gasteiger partial charge in [-0.15, -0.1) is 0 Å². The number of rotatable bonds is 4. The van der Waals surface area contributed by atoms with Gasteiger partial charge < -0.3 is 19.9 Å². The number of ether oxygens (including phenoxy) is 1. The molecule has 0 saturated carbocycles. The van der Waals surface area contributed by atoms with Gasteiger partial charge in [-0.3, -0.25) is 4.79 Å². The maximum atomic E-state index is 11.2. The Kier molecular flexibility index (Phi) is 4.44. The predicted molar refractivity (Wildman–Crippen MR) is 87.4 cm³/mol. The number of benzene rings is 1. The number of aromatic nitrogens is 1. The second-order valence-electron chi connectivity index (χ2n) is 5.36. The molecule has 1 fully saturated rings. The predicted octanol–water partition coefficient (Wildman–Crippen LogP) is 1.93. The highest BCUT2D eigenvalue weighted by atomic mass is 16.5. The molecule has 1 aliphatic rings. The van der Waals surface area contributed by atoms with Crippen LogP contribution in [0.5, 0.6) is 0 Å². The monoisotopic (exact) mass is 298 g/mol. The van der Waals surface area contributed by atoms with Crippen molar-refractivity contribution in [1.29, 1.82) is 0 Å². The maximum absolute atomic E-state index is 11.2. The molecule has 22 heavy (non-hydrogen) atoms. The first-order valence-electron chi connectivity index (χ1n) is 7.50. The topological polar surface area (TPSA) is 57.4 Å². The van der Waals surface area contributed by atoms with Crippen molar-refractivity contribution in [2.45, 2.75) is 13.5 Å². The molecular weight excluding hydrogens is 278 g/mol. The van der Waals surface area contributed by atoms with Crippen molar-refractivity contribution in [2.24, 2.45) is 0 Å². The van der Waals surface area contributed by atoms with E-state index < -0.39 is 0 Å². The molecule has 2 aromatic rings. The molecule has 2 heterocycles. The zero-order chi connectivity index (χ0) is 15.4. The van der Waals surface area contributed by atoms with Crippen LogP contribution in [0.15, 0.2) is 35.3 Å². The standard InChI is InChI=1S/C17H20N3O2/c1-13-10-17(21)19-12-15(13)18-11-14-4-2-3-5-16(14)20-6-8-22-9-7-20/h2-5,12,18H,6-9,11H2,1H3,(H,19,21). The zero-order valence-electron chi connectivity index (χ0n) is 12.7. The number of anilines is 2. The summed E-state index contributed by atoms with van der Waals surface area (Å²) in [6.07, 6.45) is 1.70. The van der Waals surface area contributed by atoms with E-state index in [9.17, 15) is 4.79 Å². The van der Waals surface area contributed by atoms with E-state index in [1.165, 1.54) is 11.3 Å². The first-order chi connectivity index (χ1) is 10.7. The molecule has 0 atom stereocenters. The van der Waals surface area contributed by atoms with E-state index in [1.807, 2.05) is 13.0 Å². The van der Waals surface area contributed by atoms with E-state index in [1.54, 1.807) is 6.20 Å². The van der Waals surface area contributed by atoms with Crippen LogP contribution in [-0.4, -0.2) is 31.3 Å². The minimum absolute atomic E-state index is 0.197. The Hall–Kier alpha value is -2.27. The fourth-order valence-corrected chi connectivity index (χ4v) is 2.67. The van der Waals surface area contributed by atoms with E-state index in [2.05, 4.69) is 39.5 Å². The smallest absolute Gasteiger partial charge is 0.256 e. The SMILES string of the molecule is Cc1[c]c(=O)[nH]cc1NCc1ccccc1N1CCOCC1. The summed E-state index contributed by atoms with van der Waals surface area (Å²) in [4.78, 5) is 16.2. The Balaban J connectivity index is 1.76. The van der Waals surface area contributed by atoms with Crippen molar-refractivity contribution in [3.63, 3.8) is 0 Å². The summed E-state index contributed by atoms with van der Waals surface area (Å²) in [5.74, 6) is 0. The molecule has 1 aromatic heterocycles. The van der Waals surface area contributed by atoms with Crippen LogP contribution in [0.25, 0.3) is 0 Å². The number of nitrogens with one attached hydrogen (secondary N) is 2. The van der Waals surface area contributed by atoms with Gasteiger partial charge in [0.2, 0.25) is 0 Å². The Labute approximate surface area is 129 Å². The normalized spacial score (nSPS) is 14.9. The van der Waals surface area contributed by atoms with E-state index >= 15 is 0 Å². The van der Waals surface area contributed by atoms with Crippen LogP contribution in [0.3, 0.4) is 0 Å². The zero-order valence-corrected chi connectivity index (χ0v) is 12.7. The average Bonchev–Trinajstić information content (AvgIpc) is 2.55. The maximum Gasteiger partial charge on any atom is 0.256 e. The van der Waals surface area contributed by atoms with Gasteiger partial charge in [-0.1, -0.05) is 18.2 Å². The van der Waals surface area contributed by atoms with Gasteiger partial charge in [-0.05, 0) is 24.1 Å². The van der Waals surface area contributed by atoms with Crippen LogP contribution in [-0.2, 0) is 11.3 Å². The van der Waals surface area contributed by atoms with Gasteiger partial charge in [-0.25, -0.2) is 0 Å². The second-order valence-corrected chi connectivity index (χ2v) is 5.36. The van der Waals surface area contributed by atoms with E-state index in [0.717, 1.165) is 37.6 Å². The highest BCUT2D eigenvalue weighted by Gasteiger charge is 2.14. The van der Waals surface area contributed by atoms with E-state index in [-0.39, 0.29) is 5.56 Å². The molecule has 0 amide bonds. The summed E-state index contributed by atoms with van der Waals surface area (Å²) in [5.41, 5.74) is 4.00.